The van der Waals surface area contributed by atoms with Crippen LogP contribution in [0.4, 0.5) is 10.2 Å². The highest BCUT2D eigenvalue weighted by molar-refractivity contribution is 7.99. The zero-order chi connectivity index (χ0) is 10.1. The van der Waals surface area contributed by atoms with Crippen molar-refractivity contribution in [3.8, 4) is 0 Å². The average molecular weight is 211 g/mol. The number of rotatable bonds is 2. The van der Waals surface area contributed by atoms with Gasteiger partial charge < -0.3 is 5.73 Å². The van der Waals surface area contributed by atoms with Gasteiger partial charge in [-0.15, -0.1) is 11.8 Å². The maximum absolute atomic E-state index is 13.0. The standard InChI is InChI=1S/C9H10FN3S/c1-2-14-9-8(11)12-7-4-3-6(10)5-13(7)9/h3-5H,2,11H2,1H3. The zero-order valence-electron chi connectivity index (χ0n) is 7.70. The molecule has 5 heteroatoms. The van der Waals surface area contributed by atoms with Gasteiger partial charge in [-0.25, -0.2) is 9.37 Å². The van der Waals surface area contributed by atoms with Crippen molar-refractivity contribution in [1.82, 2.24) is 9.38 Å². The van der Waals surface area contributed by atoms with E-state index in [9.17, 15) is 4.39 Å². The molecule has 0 saturated heterocycles. The molecule has 0 radical (unpaired) electrons. The molecule has 2 rings (SSSR count). The summed E-state index contributed by atoms with van der Waals surface area (Å²) in [5, 5.41) is 0.807. The number of imidazole rings is 1. The van der Waals surface area contributed by atoms with Gasteiger partial charge in [0.15, 0.2) is 5.82 Å². The molecule has 14 heavy (non-hydrogen) atoms. The Balaban J connectivity index is 2.66. The van der Waals surface area contributed by atoms with Gasteiger partial charge in [-0.3, -0.25) is 4.40 Å². The second kappa shape index (κ2) is 3.49. The molecule has 0 atom stereocenters. The van der Waals surface area contributed by atoms with Crippen LogP contribution in [0.1, 0.15) is 6.92 Å². The van der Waals surface area contributed by atoms with Crippen molar-refractivity contribution in [3.05, 3.63) is 24.1 Å². The number of halogens is 1. The van der Waals surface area contributed by atoms with Crippen LogP contribution in [-0.4, -0.2) is 15.1 Å². The number of fused-ring (bicyclic) bond motifs is 1. The van der Waals surface area contributed by atoms with Crippen LogP contribution >= 0.6 is 11.8 Å². The van der Waals surface area contributed by atoms with E-state index in [4.69, 9.17) is 5.73 Å². The van der Waals surface area contributed by atoms with Crippen LogP contribution < -0.4 is 5.73 Å². The van der Waals surface area contributed by atoms with Crippen molar-refractivity contribution in [3.63, 3.8) is 0 Å². The molecule has 0 fully saturated rings. The summed E-state index contributed by atoms with van der Waals surface area (Å²) in [6, 6.07) is 2.99. The summed E-state index contributed by atoms with van der Waals surface area (Å²) in [4.78, 5) is 4.13. The maximum atomic E-state index is 13.0. The van der Waals surface area contributed by atoms with Crippen LogP contribution in [0.15, 0.2) is 23.4 Å². The normalized spacial score (nSPS) is 11.0. The molecule has 0 aliphatic heterocycles. The molecular formula is C9H10FN3S. The summed E-state index contributed by atoms with van der Waals surface area (Å²) in [7, 11) is 0. The first-order chi connectivity index (χ1) is 6.72. The van der Waals surface area contributed by atoms with E-state index in [1.165, 1.54) is 12.3 Å². The fourth-order valence-corrected chi connectivity index (χ4v) is 2.05. The molecular weight excluding hydrogens is 201 g/mol. The Morgan fingerprint density at radius 3 is 3.07 bits per heavy atom. The minimum absolute atomic E-state index is 0.284. The Morgan fingerprint density at radius 2 is 2.36 bits per heavy atom. The van der Waals surface area contributed by atoms with E-state index >= 15 is 0 Å². The van der Waals surface area contributed by atoms with Crippen LogP contribution in [0.25, 0.3) is 5.65 Å². The van der Waals surface area contributed by atoms with Crippen LogP contribution in [0, 0.1) is 5.82 Å². The number of hydrogen-bond donors (Lipinski definition) is 1. The first kappa shape index (κ1) is 9.33. The molecule has 0 bridgehead atoms. The fraction of sp³-hybridized carbons (Fsp3) is 0.222. The van der Waals surface area contributed by atoms with E-state index in [0.717, 1.165) is 10.8 Å². The quantitative estimate of drug-likeness (QED) is 0.774. The number of aromatic nitrogens is 2. The molecule has 0 unspecified atom stereocenters. The van der Waals surface area contributed by atoms with Gasteiger partial charge in [0.25, 0.3) is 0 Å². The van der Waals surface area contributed by atoms with Gasteiger partial charge in [0.05, 0.1) is 0 Å². The van der Waals surface area contributed by atoms with E-state index in [1.807, 2.05) is 6.92 Å². The molecule has 0 saturated carbocycles. The summed E-state index contributed by atoms with van der Waals surface area (Å²) in [5.41, 5.74) is 6.39. The predicted molar refractivity (Wildman–Crippen MR) is 56.0 cm³/mol. The van der Waals surface area contributed by atoms with Crippen LogP contribution in [0.3, 0.4) is 0 Å². The molecule has 0 aromatic carbocycles. The van der Waals surface area contributed by atoms with Crippen LogP contribution in [0.5, 0.6) is 0 Å². The summed E-state index contributed by atoms with van der Waals surface area (Å²) >= 11 is 1.56. The summed E-state index contributed by atoms with van der Waals surface area (Å²) < 4.78 is 14.6. The Bertz CT molecular complexity index is 466. The molecule has 3 nitrogen and oxygen atoms in total. The number of hydrogen-bond acceptors (Lipinski definition) is 3. The Morgan fingerprint density at radius 1 is 1.57 bits per heavy atom. The lowest BCUT2D eigenvalue weighted by Crippen LogP contribution is -1.90. The molecule has 2 N–H and O–H groups in total. The third-order valence-corrected chi connectivity index (χ3v) is 2.81. The number of nitrogens with two attached hydrogens (primary N) is 1. The lowest BCUT2D eigenvalue weighted by atomic mass is 10.5. The molecule has 2 aromatic rings. The third kappa shape index (κ3) is 1.43. The van der Waals surface area contributed by atoms with Crippen molar-refractivity contribution in [1.29, 1.82) is 0 Å². The monoisotopic (exact) mass is 211 g/mol. The lowest BCUT2D eigenvalue weighted by Gasteiger charge is -1.99. The summed E-state index contributed by atoms with van der Waals surface area (Å²) in [6.45, 7) is 2.02. The van der Waals surface area contributed by atoms with E-state index in [2.05, 4.69) is 4.98 Å². The van der Waals surface area contributed by atoms with Gasteiger partial charge in [0.2, 0.25) is 0 Å². The van der Waals surface area contributed by atoms with Gasteiger partial charge in [0.1, 0.15) is 16.5 Å². The Labute approximate surface area is 85.1 Å². The minimum Gasteiger partial charge on any atom is -0.381 e. The second-order valence-corrected chi connectivity index (χ2v) is 4.06. The molecule has 0 spiro atoms. The van der Waals surface area contributed by atoms with Gasteiger partial charge in [-0.05, 0) is 17.9 Å². The maximum Gasteiger partial charge on any atom is 0.156 e. The minimum atomic E-state index is -0.284. The smallest absolute Gasteiger partial charge is 0.156 e. The van der Waals surface area contributed by atoms with Gasteiger partial charge in [-0.1, -0.05) is 6.92 Å². The molecule has 74 valence electrons. The predicted octanol–water partition coefficient (Wildman–Crippen LogP) is 2.17. The van der Waals surface area contributed by atoms with Crippen molar-refractivity contribution in [2.45, 2.75) is 11.9 Å². The highest BCUT2D eigenvalue weighted by Gasteiger charge is 2.09. The molecule has 2 aromatic heterocycles. The van der Waals surface area contributed by atoms with Gasteiger partial charge in [-0.2, -0.15) is 0 Å². The largest absolute Gasteiger partial charge is 0.381 e. The molecule has 0 amide bonds. The molecule has 0 aliphatic carbocycles. The summed E-state index contributed by atoms with van der Waals surface area (Å²) in [5.74, 6) is 1.06. The van der Waals surface area contributed by atoms with Gasteiger partial charge in [0, 0.05) is 6.20 Å². The number of nitrogens with zero attached hydrogens (tertiary/aromatic N) is 2. The number of pyridine rings is 1. The number of nitrogen functional groups attached to an aromatic ring is 1. The molecule has 0 aliphatic rings. The van der Waals surface area contributed by atoms with E-state index < -0.39 is 0 Å². The van der Waals surface area contributed by atoms with E-state index in [1.54, 1.807) is 22.2 Å². The number of anilines is 1. The second-order valence-electron chi connectivity index (χ2n) is 2.81. The highest BCUT2D eigenvalue weighted by atomic mass is 32.2. The third-order valence-electron chi connectivity index (χ3n) is 1.84. The van der Waals surface area contributed by atoms with Crippen molar-refractivity contribution >= 4 is 23.2 Å². The SMILES string of the molecule is CCSc1c(N)nc2ccc(F)cn12. The summed E-state index contributed by atoms with van der Waals surface area (Å²) in [6.07, 6.45) is 1.40. The fourth-order valence-electron chi connectivity index (χ4n) is 1.30. The zero-order valence-corrected chi connectivity index (χ0v) is 8.51. The van der Waals surface area contributed by atoms with Crippen molar-refractivity contribution in [2.24, 2.45) is 0 Å². The lowest BCUT2D eigenvalue weighted by molar-refractivity contribution is 0.617. The van der Waals surface area contributed by atoms with E-state index in [0.29, 0.717) is 11.5 Å². The topological polar surface area (TPSA) is 43.3 Å². The Kier molecular flexibility index (Phi) is 2.33. The Hall–Kier alpha value is -1.23. The van der Waals surface area contributed by atoms with Gasteiger partial charge >= 0.3 is 0 Å². The van der Waals surface area contributed by atoms with Crippen LogP contribution in [0.2, 0.25) is 0 Å². The number of thioether (sulfide) groups is 1. The average Bonchev–Trinajstić information content (AvgIpc) is 2.45. The molecule has 2 heterocycles. The first-order valence-corrected chi connectivity index (χ1v) is 5.27. The van der Waals surface area contributed by atoms with E-state index in [-0.39, 0.29) is 5.82 Å². The van der Waals surface area contributed by atoms with Crippen molar-refractivity contribution < 1.29 is 4.39 Å². The van der Waals surface area contributed by atoms with Crippen molar-refractivity contribution in [2.75, 3.05) is 11.5 Å². The van der Waals surface area contributed by atoms with Crippen LogP contribution in [-0.2, 0) is 0 Å². The first-order valence-electron chi connectivity index (χ1n) is 4.28. The highest BCUT2D eigenvalue weighted by Crippen LogP contribution is 2.25.